The molecule has 1 aliphatic heterocycles. The van der Waals surface area contributed by atoms with Crippen molar-refractivity contribution in [2.24, 2.45) is 0 Å². The Morgan fingerprint density at radius 2 is 2.21 bits per heavy atom. The van der Waals surface area contributed by atoms with Crippen LogP contribution in [0.25, 0.3) is 0 Å². The monoisotopic (exact) mass is 422 g/mol. The first-order valence-electron chi connectivity index (χ1n) is 8.71. The number of carbonyl (C=O) groups excluding carboxylic acids is 2. The molecular formula is C18H19FN4O5S. The van der Waals surface area contributed by atoms with Crippen molar-refractivity contribution >= 4 is 39.7 Å². The predicted octanol–water partition coefficient (Wildman–Crippen LogP) is 2.89. The Morgan fingerprint density at radius 3 is 2.83 bits per heavy atom. The van der Waals surface area contributed by atoms with Crippen molar-refractivity contribution in [2.75, 3.05) is 29.9 Å². The van der Waals surface area contributed by atoms with Crippen LogP contribution in [0, 0.1) is 15.9 Å². The Kier molecular flexibility index (Phi) is 5.97. The minimum atomic E-state index is -0.605. The molecule has 2 amide bonds. The van der Waals surface area contributed by atoms with Gasteiger partial charge in [-0.1, -0.05) is 11.3 Å². The van der Waals surface area contributed by atoms with Gasteiger partial charge in [-0.3, -0.25) is 19.8 Å². The number of rotatable bonds is 7. The molecule has 2 heterocycles. The van der Waals surface area contributed by atoms with E-state index in [1.807, 2.05) is 0 Å². The van der Waals surface area contributed by atoms with E-state index in [9.17, 15) is 24.1 Å². The molecule has 154 valence electrons. The first-order valence-corrected chi connectivity index (χ1v) is 9.52. The van der Waals surface area contributed by atoms with Gasteiger partial charge >= 0.3 is 11.1 Å². The SMILES string of the molecule is CC(=O)NCC1CN(c2ccc(N(C)Cc3ccc([N+](=O)[O-])s3)c(F)c2)C(=O)O1. The number of nitrogens with zero attached hydrogens (tertiary/aromatic N) is 3. The summed E-state index contributed by atoms with van der Waals surface area (Å²) < 4.78 is 19.9. The van der Waals surface area contributed by atoms with E-state index in [0.717, 1.165) is 16.2 Å². The first-order chi connectivity index (χ1) is 13.7. The van der Waals surface area contributed by atoms with Crippen LogP contribution in [0.4, 0.5) is 25.6 Å². The molecule has 1 atom stereocenters. The smallest absolute Gasteiger partial charge is 0.414 e. The molecule has 29 heavy (non-hydrogen) atoms. The van der Waals surface area contributed by atoms with Crippen molar-refractivity contribution in [3.63, 3.8) is 0 Å². The Bertz CT molecular complexity index is 950. The van der Waals surface area contributed by atoms with E-state index in [1.54, 1.807) is 30.1 Å². The number of hydrogen-bond donors (Lipinski definition) is 1. The molecule has 1 fully saturated rings. The van der Waals surface area contributed by atoms with Crippen molar-refractivity contribution in [1.82, 2.24) is 5.32 Å². The fourth-order valence-corrected chi connectivity index (χ4v) is 3.81. The minimum absolute atomic E-state index is 0.0329. The number of hydrogen-bond acceptors (Lipinski definition) is 7. The number of nitrogens with one attached hydrogen (secondary N) is 1. The topological polar surface area (TPSA) is 105 Å². The third-order valence-corrected chi connectivity index (χ3v) is 5.35. The molecule has 9 nitrogen and oxygen atoms in total. The molecule has 1 aromatic carbocycles. The lowest BCUT2D eigenvalue weighted by Crippen LogP contribution is -2.33. The molecule has 3 rings (SSSR count). The van der Waals surface area contributed by atoms with Gasteiger partial charge in [0.2, 0.25) is 5.91 Å². The first kappa shape index (κ1) is 20.5. The summed E-state index contributed by atoms with van der Waals surface area (Å²) in [6, 6.07) is 7.45. The van der Waals surface area contributed by atoms with Crippen molar-refractivity contribution in [1.29, 1.82) is 0 Å². The molecule has 1 unspecified atom stereocenters. The van der Waals surface area contributed by atoms with Crippen LogP contribution in [0.3, 0.4) is 0 Å². The van der Waals surface area contributed by atoms with Crippen LogP contribution in [-0.2, 0) is 16.1 Å². The van der Waals surface area contributed by atoms with Gasteiger partial charge in [-0.2, -0.15) is 0 Å². The van der Waals surface area contributed by atoms with Gasteiger partial charge in [0.05, 0.1) is 35.9 Å². The average Bonchev–Trinajstić information content (AvgIpc) is 3.26. The fraction of sp³-hybridized carbons (Fsp3) is 0.333. The molecular weight excluding hydrogens is 403 g/mol. The molecule has 2 aromatic rings. The van der Waals surface area contributed by atoms with E-state index in [0.29, 0.717) is 17.9 Å². The number of thiophene rings is 1. The molecule has 0 radical (unpaired) electrons. The molecule has 11 heteroatoms. The number of anilines is 2. The highest BCUT2D eigenvalue weighted by Gasteiger charge is 2.32. The van der Waals surface area contributed by atoms with E-state index in [4.69, 9.17) is 4.74 Å². The second-order valence-corrected chi connectivity index (χ2v) is 7.69. The maximum absolute atomic E-state index is 14.7. The molecule has 0 aliphatic carbocycles. The van der Waals surface area contributed by atoms with Crippen LogP contribution in [0.1, 0.15) is 11.8 Å². The second-order valence-electron chi connectivity index (χ2n) is 6.54. The highest BCUT2D eigenvalue weighted by Crippen LogP contribution is 2.30. The number of benzene rings is 1. The summed E-state index contributed by atoms with van der Waals surface area (Å²) >= 11 is 1.04. The van der Waals surface area contributed by atoms with Gasteiger partial charge in [0.25, 0.3) is 0 Å². The Hall–Kier alpha value is -3.21. The lowest BCUT2D eigenvalue weighted by Gasteiger charge is -2.21. The quantitative estimate of drug-likeness (QED) is 0.543. The predicted molar refractivity (Wildman–Crippen MR) is 106 cm³/mol. The van der Waals surface area contributed by atoms with Gasteiger partial charge < -0.3 is 15.0 Å². The van der Waals surface area contributed by atoms with E-state index in [-0.39, 0.29) is 24.0 Å². The Morgan fingerprint density at radius 1 is 1.45 bits per heavy atom. The van der Waals surface area contributed by atoms with E-state index in [2.05, 4.69) is 5.32 Å². The number of ether oxygens (including phenoxy) is 1. The normalized spacial score (nSPS) is 15.9. The largest absolute Gasteiger partial charge is 0.442 e. The standard InChI is InChI=1S/C18H19FN4O5S/c1-11(24)20-8-13-9-22(18(25)28-13)12-3-5-16(15(19)7-12)21(2)10-14-4-6-17(29-14)23(26)27/h3-7,13H,8-10H2,1-2H3,(H,20,24). The zero-order valence-electron chi connectivity index (χ0n) is 15.8. The molecule has 1 saturated heterocycles. The average molecular weight is 422 g/mol. The van der Waals surface area contributed by atoms with Crippen molar-refractivity contribution in [3.05, 3.63) is 51.1 Å². The van der Waals surface area contributed by atoms with Gasteiger partial charge in [0.15, 0.2) is 0 Å². The number of carbonyl (C=O) groups is 2. The maximum atomic E-state index is 14.7. The summed E-state index contributed by atoms with van der Waals surface area (Å²) in [7, 11) is 1.68. The van der Waals surface area contributed by atoms with Gasteiger partial charge in [0, 0.05) is 24.9 Å². The molecule has 0 spiro atoms. The van der Waals surface area contributed by atoms with E-state index in [1.165, 1.54) is 24.0 Å². The third-order valence-electron chi connectivity index (χ3n) is 4.33. The van der Waals surface area contributed by atoms with Crippen molar-refractivity contribution < 1.29 is 23.6 Å². The Labute approximate surface area is 169 Å². The summed E-state index contributed by atoms with van der Waals surface area (Å²) in [4.78, 5) is 37.1. The van der Waals surface area contributed by atoms with E-state index >= 15 is 0 Å². The maximum Gasteiger partial charge on any atom is 0.414 e. The van der Waals surface area contributed by atoms with Crippen LogP contribution in [0.15, 0.2) is 30.3 Å². The van der Waals surface area contributed by atoms with Gasteiger partial charge in [-0.15, -0.1) is 0 Å². The van der Waals surface area contributed by atoms with Crippen molar-refractivity contribution in [2.45, 2.75) is 19.6 Å². The second kappa shape index (κ2) is 8.43. The van der Waals surface area contributed by atoms with Gasteiger partial charge in [-0.25, -0.2) is 9.18 Å². The highest BCUT2D eigenvalue weighted by atomic mass is 32.1. The Balaban J connectivity index is 1.68. The van der Waals surface area contributed by atoms with Crippen LogP contribution >= 0.6 is 11.3 Å². The van der Waals surface area contributed by atoms with Crippen LogP contribution < -0.4 is 15.1 Å². The lowest BCUT2D eigenvalue weighted by molar-refractivity contribution is -0.380. The van der Waals surface area contributed by atoms with Gasteiger partial charge in [0.1, 0.15) is 11.9 Å². The van der Waals surface area contributed by atoms with E-state index < -0.39 is 22.9 Å². The van der Waals surface area contributed by atoms with Crippen LogP contribution in [-0.4, -0.2) is 43.2 Å². The zero-order chi connectivity index (χ0) is 21.1. The summed E-state index contributed by atoms with van der Waals surface area (Å²) in [6.45, 7) is 2.06. The number of cyclic esters (lactones) is 1. The summed E-state index contributed by atoms with van der Waals surface area (Å²) in [5.41, 5.74) is 0.647. The minimum Gasteiger partial charge on any atom is -0.442 e. The lowest BCUT2D eigenvalue weighted by atomic mass is 10.2. The van der Waals surface area contributed by atoms with Crippen molar-refractivity contribution in [3.8, 4) is 0 Å². The summed E-state index contributed by atoms with van der Waals surface area (Å²) in [6.07, 6.45) is -1.11. The highest BCUT2D eigenvalue weighted by molar-refractivity contribution is 7.15. The molecule has 1 aliphatic rings. The zero-order valence-corrected chi connectivity index (χ0v) is 16.6. The number of amides is 2. The number of nitro groups is 1. The van der Waals surface area contributed by atoms with Crippen LogP contribution in [0.2, 0.25) is 0 Å². The van der Waals surface area contributed by atoms with Crippen LogP contribution in [0.5, 0.6) is 0 Å². The molecule has 0 saturated carbocycles. The fourth-order valence-electron chi connectivity index (χ4n) is 2.94. The third kappa shape index (κ3) is 4.80. The molecule has 1 aromatic heterocycles. The molecule has 1 N–H and O–H groups in total. The van der Waals surface area contributed by atoms with Gasteiger partial charge in [-0.05, 0) is 24.3 Å². The summed E-state index contributed by atoms with van der Waals surface area (Å²) in [5.74, 6) is -0.761. The molecule has 0 bridgehead atoms. The summed E-state index contributed by atoms with van der Waals surface area (Å²) in [5, 5.41) is 13.4. The number of halogens is 1.